The third kappa shape index (κ3) is 2.14. The van der Waals surface area contributed by atoms with Gasteiger partial charge >= 0.3 is 5.97 Å². The van der Waals surface area contributed by atoms with Gasteiger partial charge in [0, 0.05) is 11.3 Å². The summed E-state index contributed by atoms with van der Waals surface area (Å²) in [5.41, 5.74) is 0.917. The maximum Gasteiger partial charge on any atom is 0.356 e. The maximum absolute atomic E-state index is 13.0. The summed E-state index contributed by atoms with van der Waals surface area (Å²) >= 11 is 5.64. The molecule has 17 heavy (non-hydrogen) atoms. The molecular weight excluding hydrogens is 247 g/mol. The lowest BCUT2D eigenvalue weighted by atomic mass is 10.2. The van der Waals surface area contributed by atoms with Gasteiger partial charge in [0.25, 0.3) is 0 Å². The molecule has 6 heteroatoms. The third-order valence-electron chi connectivity index (χ3n) is 2.28. The smallest absolute Gasteiger partial charge is 0.356 e. The number of aromatic carboxylic acids is 1. The number of nitrogens with one attached hydrogen (secondary N) is 1. The van der Waals surface area contributed by atoms with Crippen LogP contribution in [0, 0.1) is 12.7 Å². The third-order valence-corrected chi connectivity index (χ3v) is 2.57. The molecule has 1 heterocycles. The van der Waals surface area contributed by atoms with E-state index in [1.54, 1.807) is 6.92 Å². The Kier molecular flexibility index (Phi) is 2.85. The number of carboxylic acids is 1. The highest BCUT2D eigenvalue weighted by Crippen LogP contribution is 2.23. The fourth-order valence-corrected chi connectivity index (χ4v) is 1.63. The van der Waals surface area contributed by atoms with Crippen LogP contribution >= 0.6 is 11.6 Å². The van der Waals surface area contributed by atoms with E-state index in [9.17, 15) is 9.18 Å². The van der Waals surface area contributed by atoms with Crippen molar-refractivity contribution >= 4 is 17.6 Å². The lowest BCUT2D eigenvalue weighted by molar-refractivity contribution is 0.0690. The molecule has 2 N–H and O–H groups in total. The molecule has 0 saturated carbocycles. The van der Waals surface area contributed by atoms with Crippen molar-refractivity contribution in [1.82, 2.24) is 9.97 Å². The first-order valence-corrected chi connectivity index (χ1v) is 5.12. The summed E-state index contributed by atoms with van der Waals surface area (Å²) in [4.78, 5) is 17.5. The predicted molar refractivity (Wildman–Crippen MR) is 60.7 cm³/mol. The lowest BCUT2D eigenvalue weighted by Crippen LogP contribution is -1.98. The van der Waals surface area contributed by atoms with Crippen molar-refractivity contribution in [1.29, 1.82) is 0 Å². The number of carbonyl (C=O) groups is 1. The van der Waals surface area contributed by atoms with Gasteiger partial charge in [0.15, 0.2) is 5.69 Å². The number of hydrogen-bond donors (Lipinski definition) is 2. The first-order chi connectivity index (χ1) is 7.99. The second-order valence-electron chi connectivity index (χ2n) is 3.49. The van der Waals surface area contributed by atoms with Crippen molar-refractivity contribution in [3.05, 3.63) is 40.4 Å². The second kappa shape index (κ2) is 4.18. The Morgan fingerprint density at radius 3 is 2.76 bits per heavy atom. The summed E-state index contributed by atoms with van der Waals surface area (Å²) in [5.74, 6) is -1.29. The Hall–Kier alpha value is -1.88. The summed E-state index contributed by atoms with van der Waals surface area (Å²) in [7, 11) is 0. The molecular formula is C11H8ClFN2O2. The zero-order valence-electron chi connectivity index (χ0n) is 8.79. The summed E-state index contributed by atoms with van der Waals surface area (Å²) in [6.45, 7) is 1.60. The topological polar surface area (TPSA) is 66.0 Å². The van der Waals surface area contributed by atoms with Crippen molar-refractivity contribution < 1.29 is 14.3 Å². The molecule has 0 unspecified atom stereocenters. The Balaban J connectivity index is 2.50. The van der Waals surface area contributed by atoms with Crippen LogP contribution < -0.4 is 0 Å². The predicted octanol–water partition coefficient (Wildman–Crippen LogP) is 2.88. The molecule has 0 aliphatic rings. The van der Waals surface area contributed by atoms with Gasteiger partial charge in [0.05, 0.1) is 5.02 Å². The Labute approximate surface area is 101 Å². The fourth-order valence-electron chi connectivity index (χ4n) is 1.45. The number of benzene rings is 1. The number of aromatic amines is 1. The SMILES string of the molecule is Cc1[nH]c(-c2ccc(F)c(Cl)c2)nc1C(=O)O. The van der Waals surface area contributed by atoms with Crippen LogP contribution in [0.2, 0.25) is 5.02 Å². The summed E-state index contributed by atoms with van der Waals surface area (Å²) < 4.78 is 13.0. The summed E-state index contributed by atoms with van der Waals surface area (Å²) in [5, 5.41) is 8.82. The van der Waals surface area contributed by atoms with E-state index in [2.05, 4.69) is 9.97 Å². The zero-order chi connectivity index (χ0) is 12.6. The molecule has 0 amide bonds. The van der Waals surface area contributed by atoms with Gasteiger partial charge < -0.3 is 10.1 Å². The van der Waals surface area contributed by atoms with Gasteiger partial charge in [0.1, 0.15) is 11.6 Å². The van der Waals surface area contributed by atoms with Crippen LogP contribution in [0.4, 0.5) is 4.39 Å². The van der Waals surface area contributed by atoms with Crippen LogP contribution in [-0.4, -0.2) is 21.0 Å². The molecule has 88 valence electrons. The van der Waals surface area contributed by atoms with E-state index in [1.807, 2.05) is 0 Å². The lowest BCUT2D eigenvalue weighted by Gasteiger charge is -1.98. The Morgan fingerprint density at radius 1 is 1.53 bits per heavy atom. The molecule has 2 aromatic rings. The number of aromatic nitrogens is 2. The highest BCUT2D eigenvalue weighted by Gasteiger charge is 2.14. The second-order valence-corrected chi connectivity index (χ2v) is 3.90. The van der Waals surface area contributed by atoms with E-state index in [-0.39, 0.29) is 10.7 Å². The van der Waals surface area contributed by atoms with Gasteiger partial charge in [-0.05, 0) is 25.1 Å². The van der Waals surface area contributed by atoms with Crippen molar-refractivity contribution in [3.63, 3.8) is 0 Å². The van der Waals surface area contributed by atoms with Crippen molar-refractivity contribution in [2.45, 2.75) is 6.92 Å². The van der Waals surface area contributed by atoms with E-state index in [1.165, 1.54) is 18.2 Å². The number of rotatable bonds is 2. The van der Waals surface area contributed by atoms with Crippen LogP contribution in [0.3, 0.4) is 0 Å². The van der Waals surface area contributed by atoms with Crippen molar-refractivity contribution in [3.8, 4) is 11.4 Å². The van der Waals surface area contributed by atoms with E-state index in [0.717, 1.165) is 0 Å². The molecule has 0 spiro atoms. The number of imidazole rings is 1. The molecule has 1 aromatic carbocycles. The van der Waals surface area contributed by atoms with Gasteiger partial charge in [-0.2, -0.15) is 0 Å². The number of aryl methyl sites for hydroxylation is 1. The molecule has 1 aromatic heterocycles. The van der Waals surface area contributed by atoms with Crippen LogP contribution in [0.25, 0.3) is 11.4 Å². The van der Waals surface area contributed by atoms with E-state index in [0.29, 0.717) is 17.1 Å². The number of nitrogens with zero attached hydrogens (tertiary/aromatic N) is 1. The summed E-state index contributed by atoms with van der Waals surface area (Å²) in [6, 6.07) is 4.07. The minimum Gasteiger partial charge on any atom is -0.476 e. The van der Waals surface area contributed by atoms with Gasteiger partial charge in [-0.15, -0.1) is 0 Å². The first kappa shape index (κ1) is 11.6. The largest absolute Gasteiger partial charge is 0.476 e. The summed E-state index contributed by atoms with van der Waals surface area (Å²) in [6.07, 6.45) is 0. The van der Waals surface area contributed by atoms with Crippen LogP contribution in [-0.2, 0) is 0 Å². The zero-order valence-corrected chi connectivity index (χ0v) is 9.55. The Bertz CT molecular complexity index is 595. The minimum atomic E-state index is -1.11. The monoisotopic (exact) mass is 254 g/mol. The van der Waals surface area contributed by atoms with Crippen molar-refractivity contribution in [2.75, 3.05) is 0 Å². The van der Waals surface area contributed by atoms with Crippen LogP contribution in [0.15, 0.2) is 18.2 Å². The van der Waals surface area contributed by atoms with Gasteiger partial charge in [-0.3, -0.25) is 0 Å². The molecule has 0 radical (unpaired) electrons. The molecule has 0 bridgehead atoms. The van der Waals surface area contributed by atoms with E-state index >= 15 is 0 Å². The van der Waals surface area contributed by atoms with Gasteiger partial charge in [-0.1, -0.05) is 11.6 Å². The molecule has 0 saturated heterocycles. The molecule has 2 rings (SSSR count). The minimum absolute atomic E-state index is 0.0339. The number of hydrogen-bond acceptors (Lipinski definition) is 2. The Morgan fingerprint density at radius 2 is 2.24 bits per heavy atom. The molecule has 0 atom stereocenters. The molecule has 0 aliphatic heterocycles. The average molecular weight is 255 g/mol. The molecule has 0 aliphatic carbocycles. The average Bonchev–Trinajstić information content (AvgIpc) is 2.64. The van der Waals surface area contributed by atoms with Crippen LogP contribution in [0.5, 0.6) is 0 Å². The number of carboxylic acid groups (broad SMARTS) is 1. The highest BCUT2D eigenvalue weighted by molar-refractivity contribution is 6.31. The first-order valence-electron chi connectivity index (χ1n) is 4.74. The van der Waals surface area contributed by atoms with E-state index in [4.69, 9.17) is 16.7 Å². The molecule has 4 nitrogen and oxygen atoms in total. The standard InChI is InChI=1S/C11H8ClFN2O2/c1-5-9(11(16)17)15-10(14-5)6-2-3-8(13)7(12)4-6/h2-4H,1H3,(H,14,15)(H,16,17). The van der Waals surface area contributed by atoms with E-state index < -0.39 is 11.8 Å². The highest BCUT2D eigenvalue weighted by atomic mass is 35.5. The van der Waals surface area contributed by atoms with Gasteiger partial charge in [0.2, 0.25) is 0 Å². The number of H-pyrrole nitrogens is 1. The molecule has 0 fully saturated rings. The van der Waals surface area contributed by atoms with Gasteiger partial charge in [-0.25, -0.2) is 14.2 Å². The van der Waals surface area contributed by atoms with Crippen LogP contribution in [0.1, 0.15) is 16.2 Å². The fraction of sp³-hybridized carbons (Fsp3) is 0.0909. The van der Waals surface area contributed by atoms with Crippen molar-refractivity contribution in [2.24, 2.45) is 0 Å². The number of halogens is 2. The normalized spacial score (nSPS) is 10.5. The maximum atomic E-state index is 13.0. The quantitative estimate of drug-likeness (QED) is 0.866.